The van der Waals surface area contributed by atoms with Crippen LogP contribution < -0.4 is 0 Å². The van der Waals surface area contributed by atoms with E-state index in [4.69, 9.17) is 0 Å². The maximum Gasteiger partial charge on any atom is 0.0620 e. The van der Waals surface area contributed by atoms with Crippen molar-refractivity contribution >= 4 is 91.4 Å². The summed E-state index contributed by atoms with van der Waals surface area (Å²) in [7, 11) is 2.22. The van der Waals surface area contributed by atoms with Gasteiger partial charge in [0, 0.05) is 59.5 Å². The lowest BCUT2D eigenvalue weighted by molar-refractivity contribution is 1.02. The summed E-state index contributed by atoms with van der Waals surface area (Å²) in [5, 5.41) is 10.8. The molecule has 2 nitrogen and oxygen atoms in total. The van der Waals surface area contributed by atoms with Gasteiger partial charge in [0.1, 0.15) is 0 Å². The summed E-state index contributed by atoms with van der Waals surface area (Å²) in [5.41, 5.74) is 6.46. The van der Waals surface area contributed by atoms with E-state index in [0.29, 0.717) is 0 Å². The molecule has 34 heavy (non-hydrogen) atoms. The van der Waals surface area contributed by atoms with E-state index >= 15 is 0 Å². The van der Waals surface area contributed by atoms with Crippen LogP contribution in [-0.2, 0) is 7.05 Å². The van der Waals surface area contributed by atoms with Gasteiger partial charge in [-0.2, -0.15) is 0 Å². The second-order valence-electron chi connectivity index (χ2n) is 9.41. The molecule has 0 aliphatic carbocycles. The molecule has 0 radical (unpaired) electrons. The largest absolute Gasteiger partial charge is 0.344 e. The average molecular weight is 451 g/mol. The third kappa shape index (κ3) is 1.80. The Morgan fingerprint density at radius 1 is 0.529 bits per heavy atom. The van der Waals surface area contributed by atoms with Crippen LogP contribution in [0.4, 0.5) is 0 Å². The molecule has 0 fully saturated rings. The zero-order chi connectivity index (χ0) is 22.1. The molecule has 0 bridgehead atoms. The number of benzene rings is 5. The minimum Gasteiger partial charge on any atom is -0.344 e. The van der Waals surface area contributed by atoms with Gasteiger partial charge in [-0.3, -0.25) is 0 Å². The van der Waals surface area contributed by atoms with Gasteiger partial charge in [-0.15, -0.1) is 11.3 Å². The summed E-state index contributed by atoms with van der Waals surface area (Å²) in [6.45, 7) is 0. The number of thiophene rings is 1. The van der Waals surface area contributed by atoms with Gasteiger partial charge < -0.3 is 8.97 Å². The highest BCUT2D eigenvalue weighted by Crippen LogP contribution is 2.48. The highest BCUT2D eigenvalue weighted by molar-refractivity contribution is 7.26. The number of fused-ring (bicyclic) bond motifs is 9. The second-order valence-corrected chi connectivity index (χ2v) is 10.5. The van der Waals surface area contributed by atoms with Crippen LogP contribution in [0.2, 0.25) is 0 Å². The lowest BCUT2D eigenvalue weighted by Crippen LogP contribution is -1.89. The minimum absolute atomic E-state index is 1.27. The molecule has 4 aromatic heterocycles. The number of hydrogen-bond acceptors (Lipinski definition) is 1. The van der Waals surface area contributed by atoms with Crippen LogP contribution in [0.3, 0.4) is 0 Å². The molecule has 9 rings (SSSR count). The van der Waals surface area contributed by atoms with Crippen LogP contribution in [0.15, 0.2) is 91.0 Å². The number of aryl methyl sites for hydroxylation is 1. The van der Waals surface area contributed by atoms with Crippen molar-refractivity contribution in [1.29, 1.82) is 0 Å². The second kappa shape index (κ2) is 5.69. The van der Waals surface area contributed by atoms with Crippen molar-refractivity contribution in [1.82, 2.24) is 8.97 Å². The van der Waals surface area contributed by atoms with E-state index in [9.17, 15) is 0 Å². The Balaban J connectivity index is 1.80. The number of nitrogens with zero attached hydrogens (tertiary/aromatic N) is 2. The molecular weight excluding hydrogens is 432 g/mol. The first-order chi connectivity index (χ1) is 16.8. The molecule has 3 heteroatoms. The van der Waals surface area contributed by atoms with E-state index in [1.807, 2.05) is 11.3 Å². The molecule has 0 atom stereocenters. The molecule has 0 amide bonds. The summed E-state index contributed by atoms with van der Waals surface area (Å²) >= 11 is 1.93. The fraction of sp³-hybridized carbons (Fsp3) is 0.0323. The van der Waals surface area contributed by atoms with E-state index in [0.717, 1.165) is 0 Å². The van der Waals surface area contributed by atoms with Gasteiger partial charge in [-0.25, -0.2) is 0 Å². The highest BCUT2D eigenvalue weighted by Gasteiger charge is 2.23. The molecular formula is C31H18N2S. The Kier molecular flexibility index (Phi) is 2.91. The normalized spacial score (nSPS) is 12.9. The third-order valence-electron chi connectivity index (χ3n) is 7.85. The Bertz CT molecular complexity index is 2290. The highest BCUT2D eigenvalue weighted by atomic mass is 32.1. The minimum atomic E-state index is 1.27. The number of aromatic nitrogens is 2. The summed E-state index contributed by atoms with van der Waals surface area (Å²) in [6.07, 6.45) is 0. The summed E-state index contributed by atoms with van der Waals surface area (Å²) in [4.78, 5) is 0. The Morgan fingerprint density at radius 3 is 2.18 bits per heavy atom. The number of para-hydroxylation sites is 2. The predicted octanol–water partition coefficient (Wildman–Crippen LogP) is 8.85. The van der Waals surface area contributed by atoms with Crippen LogP contribution in [0.1, 0.15) is 0 Å². The molecule has 0 saturated heterocycles. The first kappa shape index (κ1) is 17.4. The van der Waals surface area contributed by atoms with Crippen molar-refractivity contribution in [2.75, 3.05) is 0 Å². The van der Waals surface area contributed by atoms with Gasteiger partial charge in [0.15, 0.2) is 0 Å². The van der Waals surface area contributed by atoms with Crippen LogP contribution in [0.25, 0.3) is 80.1 Å². The van der Waals surface area contributed by atoms with Crippen molar-refractivity contribution in [3.05, 3.63) is 91.0 Å². The van der Waals surface area contributed by atoms with Crippen LogP contribution >= 0.6 is 11.3 Å². The van der Waals surface area contributed by atoms with E-state index in [-0.39, 0.29) is 0 Å². The maximum atomic E-state index is 2.51. The van der Waals surface area contributed by atoms with E-state index in [1.165, 1.54) is 80.1 Å². The van der Waals surface area contributed by atoms with Crippen LogP contribution in [0, 0.1) is 0 Å². The van der Waals surface area contributed by atoms with E-state index in [1.54, 1.807) is 0 Å². The first-order valence-corrected chi connectivity index (χ1v) is 12.5. The number of rotatable bonds is 0. The monoisotopic (exact) mass is 450 g/mol. The maximum absolute atomic E-state index is 2.51. The van der Waals surface area contributed by atoms with Crippen molar-refractivity contribution in [3.63, 3.8) is 0 Å². The average Bonchev–Trinajstić information content (AvgIpc) is 3.48. The van der Waals surface area contributed by atoms with Gasteiger partial charge in [-0.05, 0) is 30.3 Å². The molecule has 9 aromatic rings. The Labute approximate surface area is 198 Å². The summed E-state index contributed by atoms with van der Waals surface area (Å²) < 4.78 is 7.65. The molecule has 0 unspecified atom stereocenters. The van der Waals surface area contributed by atoms with Gasteiger partial charge in [0.05, 0.1) is 27.6 Å². The lowest BCUT2D eigenvalue weighted by atomic mass is 10.0. The Hall–Kier alpha value is -4.08. The van der Waals surface area contributed by atoms with Crippen LogP contribution in [0.5, 0.6) is 0 Å². The van der Waals surface area contributed by atoms with Gasteiger partial charge in [0.25, 0.3) is 0 Å². The van der Waals surface area contributed by atoms with Gasteiger partial charge in [0.2, 0.25) is 0 Å². The van der Waals surface area contributed by atoms with Crippen LogP contribution in [-0.4, -0.2) is 8.97 Å². The summed E-state index contributed by atoms with van der Waals surface area (Å²) in [5.74, 6) is 0. The fourth-order valence-corrected chi connectivity index (χ4v) is 7.72. The first-order valence-electron chi connectivity index (χ1n) is 11.7. The zero-order valence-corrected chi connectivity index (χ0v) is 19.3. The molecule has 4 heterocycles. The quantitative estimate of drug-likeness (QED) is 0.218. The number of hydrogen-bond donors (Lipinski definition) is 0. The van der Waals surface area contributed by atoms with Gasteiger partial charge in [-0.1, -0.05) is 60.7 Å². The topological polar surface area (TPSA) is 9.34 Å². The van der Waals surface area contributed by atoms with Crippen molar-refractivity contribution in [3.8, 4) is 0 Å². The lowest BCUT2D eigenvalue weighted by Gasteiger charge is -2.05. The summed E-state index contributed by atoms with van der Waals surface area (Å²) in [6, 6.07) is 33.8. The molecule has 0 aliphatic heterocycles. The molecule has 0 N–H and O–H groups in total. The SMILES string of the molecule is Cn1c2cc3c4ccccc4sc3c3c4cccc5c6ccccc6n(c6cccc1c6c32)c54. The Morgan fingerprint density at radius 2 is 1.24 bits per heavy atom. The standard InChI is InChI=1S/C31H18N2S/c1-32-23-13-7-14-24-28(23)29-25(32)16-21-18-9-3-5-15-26(18)34-31(21)27(29)20-11-6-10-19-17-8-2-4-12-22(17)33(24)30(19)20/h2-16H,1H3. The molecule has 0 spiro atoms. The molecule has 0 aliphatic rings. The molecule has 0 saturated carbocycles. The molecule has 5 aromatic carbocycles. The van der Waals surface area contributed by atoms with Crippen molar-refractivity contribution in [2.24, 2.45) is 7.05 Å². The zero-order valence-electron chi connectivity index (χ0n) is 18.5. The van der Waals surface area contributed by atoms with Crippen molar-refractivity contribution in [2.45, 2.75) is 0 Å². The smallest absolute Gasteiger partial charge is 0.0620 e. The van der Waals surface area contributed by atoms with Crippen molar-refractivity contribution < 1.29 is 0 Å². The van der Waals surface area contributed by atoms with E-state index in [2.05, 4.69) is 107 Å². The van der Waals surface area contributed by atoms with Gasteiger partial charge >= 0.3 is 0 Å². The molecule has 158 valence electrons. The predicted molar refractivity (Wildman–Crippen MR) is 148 cm³/mol. The fourth-order valence-electron chi connectivity index (χ4n) is 6.47. The van der Waals surface area contributed by atoms with E-state index < -0.39 is 0 Å². The third-order valence-corrected chi connectivity index (χ3v) is 9.05.